The van der Waals surface area contributed by atoms with Crippen molar-refractivity contribution in [1.29, 1.82) is 0 Å². The van der Waals surface area contributed by atoms with Gasteiger partial charge >= 0.3 is 12.2 Å². The van der Waals surface area contributed by atoms with Crippen LogP contribution in [0.25, 0.3) is 0 Å². The van der Waals surface area contributed by atoms with Gasteiger partial charge in [-0.2, -0.15) is 11.8 Å². The third-order valence-corrected chi connectivity index (χ3v) is 5.53. The minimum absolute atomic E-state index is 0.116. The largest absolute Gasteiger partial charge is 0.511 e. The summed E-state index contributed by atoms with van der Waals surface area (Å²) in [5, 5.41) is 0. The van der Waals surface area contributed by atoms with Crippen LogP contribution in [0.4, 0.5) is 9.59 Å². The Kier molecular flexibility index (Phi) is 6.20. The van der Waals surface area contributed by atoms with Crippen molar-refractivity contribution >= 4 is 24.0 Å². The maximum atomic E-state index is 12.3. The fourth-order valence-corrected chi connectivity index (χ4v) is 3.12. The van der Waals surface area contributed by atoms with Crippen LogP contribution in [0, 0.1) is 0 Å². The van der Waals surface area contributed by atoms with Crippen LogP contribution in [-0.4, -0.2) is 60.9 Å². The molecule has 3 rings (SSSR count). The molecule has 0 bridgehead atoms. The molecular formula is C18H23NO7S. The predicted molar refractivity (Wildman–Crippen MR) is 98.1 cm³/mol. The molecule has 1 saturated heterocycles. The van der Waals surface area contributed by atoms with Gasteiger partial charge in [-0.1, -0.05) is 6.07 Å². The quantitative estimate of drug-likeness (QED) is 0.535. The van der Waals surface area contributed by atoms with E-state index in [0.717, 1.165) is 22.8 Å². The molecule has 2 heterocycles. The lowest BCUT2D eigenvalue weighted by Crippen LogP contribution is -2.39. The first-order chi connectivity index (χ1) is 12.9. The van der Waals surface area contributed by atoms with Crippen molar-refractivity contribution in [2.45, 2.75) is 38.7 Å². The van der Waals surface area contributed by atoms with Gasteiger partial charge in [-0.05, 0) is 31.0 Å². The van der Waals surface area contributed by atoms with Gasteiger partial charge in [0.15, 0.2) is 11.5 Å². The Morgan fingerprint density at radius 1 is 1.22 bits per heavy atom. The van der Waals surface area contributed by atoms with Gasteiger partial charge in [-0.3, -0.25) is 0 Å². The van der Waals surface area contributed by atoms with Gasteiger partial charge in [-0.25, -0.2) is 9.59 Å². The lowest BCUT2D eigenvalue weighted by Gasteiger charge is -2.27. The van der Waals surface area contributed by atoms with Crippen LogP contribution in [0.15, 0.2) is 18.2 Å². The summed E-state index contributed by atoms with van der Waals surface area (Å²) in [6.45, 7) is 3.60. The van der Waals surface area contributed by atoms with E-state index in [4.69, 9.17) is 23.7 Å². The minimum atomic E-state index is -1.03. The Hall–Kier alpha value is -2.29. The second kappa shape index (κ2) is 8.60. The van der Waals surface area contributed by atoms with Crippen molar-refractivity contribution in [2.75, 3.05) is 25.3 Å². The number of amides is 1. The SMILES string of the molecule is CC(OC(=O)OC1CSC1)OC(=O)N(C)C(C)Cc1ccc2c(c1)OCO2. The van der Waals surface area contributed by atoms with Gasteiger partial charge in [-0.15, -0.1) is 0 Å². The summed E-state index contributed by atoms with van der Waals surface area (Å²) >= 11 is 1.69. The Labute approximate surface area is 162 Å². The van der Waals surface area contributed by atoms with E-state index in [9.17, 15) is 9.59 Å². The normalized spacial score (nSPS) is 17.4. The van der Waals surface area contributed by atoms with Crippen molar-refractivity contribution in [1.82, 2.24) is 4.90 Å². The highest BCUT2D eigenvalue weighted by Crippen LogP contribution is 2.33. The number of ether oxygens (including phenoxy) is 5. The molecule has 0 N–H and O–H groups in total. The topological polar surface area (TPSA) is 83.5 Å². The highest BCUT2D eigenvalue weighted by molar-refractivity contribution is 8.00. The monoisotopic (exact) mass is 397 g/mol. The van der Waals surface area contributed by atoms with Crippen LogP contribution in [0.1, 0.15) is 19.4 Å². The number of carbonyl (C=O) groups excluding carboxylic acids is 2. The number of hydrogen-bond donors (Lipinski definition) is 0. The molecule has 2 unspecified atom stereocenters. The molecule has 1 amide bonds. The summed E-state index contributed by atoms with van der Waals surface area (Å²) in [7, 11) is 1.64. The number of hydrogen-bond acceptors (Lipinski definition) is 8. The number of nitrogens with zero attached hydrogens (tertiary/aromatic N) is 1. The van der Waals surface area contributed by atoms with Gasteiger partial charge in [0.25, 0.3) is 0 Å². The molecule has 9 heteroatoms. The van der Waals surface area contributed by atoms with Crippen LogP contribution in [0.2, 0.25) is 0 Å². The molecule has 1 aromatic carbocycles. The average Bonchev–Trinajstić information content (AvgIpc) is 3.05. The summed E-state index contributed by atoms with van der Waals surface area (Å²) in [4.78, 5) is 25.3. The third kappa shape index (κ3) is 5.12. The van der Waals surface area contributed by atoms with Crippen molar-refractivity contribution in [3.05, 3.63) is 23.8 Å². The van der Waals surface area contributed by atoms with Gasteiger partial charge in [0.05, 0.1) is 0 Å². The van der Waals surface area contributed by atoms with Crippen LogP contribution < -0.4 is 9.47 Å². The molecule has 1 aromatic rings. The van der Waals surface area contributed by atoms with Crippen molar-refractivity contribution < 1.29 is 33.3 Å². The number of carbonyl (C=O) groups is 2. The van der Waals surface area contributed by atoms with E-state index in [1.54, 1.807) is 18.8 Å². The van der Waals surface area contributed by atoms with E-state index >= 15 is 0 Å². The Morgan fingerprint density at radius 2 is 1.96 bits per heavy atom. The molecular weight excluding hydrogens is 374 g/mol. The van der Waals surface area contributed by atoms with E-state index in [1.807, 2.05) is 25.1 Å². The second-order valence-electron chi connectivity index (χ2n) is 6.45. The Bertz CT molecular complexity index is 694. The molecule has 2 atom stereocenters. The van der Waals surface area contributed by atoms with Crippen molar-refractivity contribution in [2.24, 2.45) is 0 Å². The highest BCUT2D eigenvalue weighted by Gasteiger charge is 2.26. The zero-order valence-corrected chi connectivity index (χ0v) is 16.3. The highest BCUT2D eigenvalue weighted by atomic mass is 32.2. The summed E-state index contributed by atoms with van der Waals surface area (Å²) in [6.07, 6.45) is -1.94. The van der Waals surface area contributed by atoms with Crippen LogP contribution in [0.5, 0.6) is 11.5 Å². The summed E-state index contributed by atoms with van der Waals surface area (Å²) in [5.41, 5.74) is 1.01. The molecule has 2 aliphatic heterocycles. The lowest BCUT2D eigenvalue weighted by atomic mass is 10.1. The molecule has 0 aliphatic carbocycles. The summed E-state index contributed by atoms with van der Waals surface area (Å²) in [5.74, 6) is 2.96. The number of fused-ring (bicyclic) bond motifs is 1. The smallest absolute Gasteiger partial charge is 0.454 e. The number of benzene rings is 1. The molecule has 2 aliphatic rings. The average molecular weight is 397 g/mol. The molecule has 0 aromatic heterocycles. The second-order valence-corrected chi connectivity index (χ2v) is 7.52. The van der Waals surface area contributed by atoms with E-state index in [-0.39, 0.29) is 18.9 Å². The van der Waals surface area contributed by atoms with Gasteiger partial charge in [0, 0.05) is 31.5 Å². The van der Waals surface area contributed by atoms with Crippen LogP contribution in [0.3, 0.4) is 0 Å². The van der Waals surface area contributed by atoms with E-state index in [2.05, 4.69) is 0 Å². The maximum absolute atomic E-state index is 12.3. The fraction of sp³-hybridized carbons (Fsp3) is 0.556. The zero-order chi connectivity index (χ0) is 19.4. The van der Waals surface area contributed by atoms with Crippen LogP contribution >= 0.6 is 11.8 Å². The van der Waals surface area contributed by atoms with Gasteiger partial charge in [0.1, 0.15) is 6.10 Å². The Morgan fingerprint density at radius 3 is 2.67 bits per heavy atom. The number of rotatable bonds is 6. The summed E-state index contributed by atoms with van der Waals surface area (Å²) in [6, 6.07) is 5.55. The fourth-order valence-electron chi connectivity index (χ4n) is 2.56. The molecule has 0 radical (unpaired) electrons. The van der Waals surface area contributed by atoms with Gasteiger partial charge < -0.3 is 28.6 Å². The number of thioether (sulfide) groups is 1. The first-order valence-corrected chi connectivity index (χ1v) is 9.85. The standard InChI is InChI=1S/C18H23NO7S/c1-11(6-13-4-5-15-16(7-13)23-10-22-15)19(3)17(20)24-12(2)25-18(21)26-14-8-27-9-14/h4-5,7,11-12,14H,6,8-10H2,1-3H3. The molecule has 8 nitrogen and oxygen atoms in total. The predicted octanol–water partition coefficient (Wildman–Crippen LogP) is 3.03. The van der Waals surface area contributed by atoms with Crippen molar-refractivity contribution in [3.8, 4) is 11.5 Å². The van der Waals surface area contributed by atoms with Gasteiger partial charge in [0.2, 0.25) is 13.1 Å². The number of likely N-dealkylation sites (N-methyl/N-ethyl adjacent to an activating group) is 1. The third-order valence-electron chi connectivity index (χ3n) is 4.32. The Balaban J connectivity index is 1.44. The van der Waals surface area contributed by atoms with Crippen molar-refractivity contribution in [3.63, 3.8) is 0 Å². The molecule has 148 valence electrons. The van der Waals surface area contributed by atoms with E-state index in [0.29, 0.717) is 12.2 Å². The molecule has 0 saturated carbocycles. The van der Waals surface area contributed by atoms with E-state index < -0.39 is 18.5 Å². The zero-order valence-electron chi connectivity index (χ0n) is 15.5. The first-order valence-electron chi connectivity index (χ1n) is 8.69. The first kappa shape index (κ1) is 19.5. The van der Waals surface area contributed by atoms with E-state index in [1.165, 1.54) is 11.8 Å². The molecule has 0 spiro atoms. The minimum Gasteiger partial charge on any atom is -0.454 e. The summed E-state index contributed by atoms with van der Waals surface area (Å²) < 4.78 is 25.8. The van der Waals surface area contributed by atoms with Crippen LogP contribution in [-0.2, 0) is 20.6 Å². The maximum Gasteiger partial charge on any atom is 0.511 e. The lowest BCUT2D eigenvalue weighted by molar-refractivity contribution is -0.0879. The molecule has 27 heavy (non-hydrogen) atoms. The molecule has 1 fully saturated rings.